The van der Waals surface area contributed by atoms with Crippen molar-refractivity contribution in [1.29, 1.82) is 0 Å². The first kappa shape index (κ1) is 15.2. The van der Waals surface area contributed by atoms with E-state index in [1.807, 2.05) is 30.3 Å². The zero-order valence-corrected chi connectivity index (χ0v) is 12.6. The van der Waals surface area contributed by atoms with Crippen LogP contribution in [-0.2, 0) is 6.54 Å². The lowest BCUT2D eigenvalue weighted by molar-refractivity contribution is 0.409. The maximum Gasteiger partial charge on any atom is 0.120 e. The van der Waals surface area contributed by atoms with Crippen molar-refractivity contribution in [2.75, 3.05) is 14.2 Å². The summed E-state index contributed by atoms with van der Waals surface area (Å²) in [6.07, 6.45) is 0. The molecule has 0 heterocycles. The van der Waals surface area contributed by atoms with Gasteiger partial charge in [0.2, 0.25) is 0 Å². The second-order valence-corrected chi connectivity index (χ2v) is 4.87. The van der Waals surface area contributed by atoms with E-state index in [2.05, 4.69) is 12.2 Å². The van der Waals surface area contributed by atoms with Crippen molar-refractivity contribution in [3.8, 4) is 17.2 Å². The Balaban J connectivity index is 2.05. The summed E-state index contributed by atoms with van der Waals surface area (Å²) in [5, 5.41) is 13.3. The monoisotopic (exact) mass is 287 g/mol. The van der Waals surface area contributed by atoms with Gasteiger partial charge in [0, 0.05) is 18.2 Å². The number of phenolic OH excluding ortho intramolecular Hbond substituents is 1. The maximum absolute atomic E-state index is 9.88. The molecule has 1 atom stereocenters. The molecule has 0 aliphatic heterocycles. The quantitative estimate of drug-likeness (QED) is 0.856. The van der Waals surface area contributed by atoms with Gasteiger partial charge in [0.1, 0.15) is 17.2 Å². The molecule has 0 aromatic heterocycles. The summed E-state index contributed by atoms with van der Waals surface area (Å²) in [4.78, 5) is 0. The van der Waals surface area contributed by atoms with Crippen molar-refractivity contribution in [3.63, 3.8) is 0 Å². The first-order valence-electron chi connectivity index (χ1n) is 6.87. The molecule has 0 spiro atoms. The van der Waals surface area contributed by atoms with Crippen LogP contribution in [0.5, 0.6) is 17.2 Å². The third-order valence-electron chi connectivity index (χ3n) is 3.48. The van der Waals surface area contributed by atoms with Crippen molar-refractivity contribution in [1.82, 2.24) is 5.32 Å². The normalized spacial score (nSPS) is 12.0. The Morgan fingerprint density at radius 1 is 1.05 bits per heavy atom. The standard InChI is InChI=1S/C17H21NO3/c1-12(13-5-4-6-15(9-13)20-2)18-11-14-10-16(21-3)7-8-17(14)19/h4-10,12,18-19H,11H2,1-3H3. The zero-order valence-electron chi connectivity index (χ0n) is 12.6. The topological polar surface area (TPSA) is 50.7 Å². The second-order valence-electron chi connectivity index (χ2n) is 4.87. The van der Waals surface area contributed by atoms with Crippen LogP contribution in [-0.4, -0.2) is 19.3 Å². The van der Waals surface area contributed by atoms with Gasteiger partial charge in [-0.25, -0.2) is 0 Å². The number of ether oxygens (including phenoxy) is 2. The largest absolute Gasteiger partial charge is 0.508 e. The third-order valence-corrected chi connectivity index (χ3v) is 3.48. The third kappa shape index (κ3) is 3.89. The number of benzene rings is 2. The minimum Gasteiger partial charge on any atom is -0.508 e. The highest BCUT2D eigenvalue weighted by Crippen LogP contribution is 2.24. The van der Waals surface area contributed by atoms with Gasteiger partial charge in [-0.1, -0.05) is 12.1 Å². The van der Waals surface area contributed by atoms with Crippen LogP contribution >= 0.6 is 0 Å². The van der Waals surface area contributed by atoms with Crippen LogP contribution in [0.1, 0.15) is 24.1 Å². The Bertz CT molecular complexity index is 598. The lowest BCUT2D eigenvalue weighted by atomic mass is 10.1. The fourth-order valence-electron chi connectivity index (χ4n) is 2.12. The van der Waals surface area contributed by atoms with Gasteiger partial charge in [-0.15, -0.1) is 0 Å². The van der Waals surface area contributed by atoms with Crippen molar-refractivity contribution in [2.45, 2.75) is 19.5 Å². The molecule has 0 aliphatic carbocycles. The number of aromatic hydroxyl groups is 1. The molecule has 112 valence electrons. The maximum atomic E-state index is 9.88. The average molecular weight is 287 g/mol. The van der Waals surface area contributed by atoms with Crippen LogP contribution < -0.4 is 14.8 Å². The Morgan fingerprint density at radius 3 is 2.48 bits per heavy atom. The van der Waals surface area contributed by atoms with Gasteiger partial charge in [0.25, 0.3) is 0 Å². The molecule has 0 fully saturated rings. The van der Waals surface area contributed by atoms with E-state index in [1.54, 1.807) is 26.4 Å². The molecule has 0 aliphatic rings. The molecule has 0 radical (unpaired) electrons. The summed E-state index contributed by atoms with van der Waals surface area (Å²) in [6, 6.07) is 13.3. The van der Waals surface area contributed by atoms with Gasteiger partial charge < -0.3 is 19.9 Å². The van der Waals surface area contributed by atoms with Gasteiger partial charge in [-0.3, -0.25) is 0 Å². The van der Waals surface area contributed by atoms with E-state index in [1.165, 1.54) is 0 Å². The van der Waals surface area contributed by atoms with Crippen molar-refractivity contribution in [2.24, 2.45) is 0 Å². The van der Waals surface area contributed by atoms with Crippen LogP contribution in [0.15, 0.2) is 42.5 Å². The fraction of sp³-hybridized carbons (Fsp3) is 0.294. The van der Waals surface area contributed by atoms with E-state index in [-0.39, 0.29) is 11.8 Å². The average Bonchev–Trinajstić information content (AvgIpc) is 2.53. The molecule has 4 nitrogen and oxygen atoms in total. The molecule has 0 bridgehead atoms. The molecule has 2 N–H and O–H groups in total. The number of hydrogen-bond donors (Lipinski definition) is 2. The highest BCUT2D eigenvalue weighted by molar-refractivity contribution is 5.39. The van der Waals surface area contributed by atoms with Crippen LogP contribution in [0.3, 0.4) is 0 Å². The molecular formula is C17H21NO3. The summed E-state index contributed by atoms with van der Waals surface area (Å²) in [5.74, 6) is 1.84. The Hall–Kier alpha value is -2.20. The predicted octanol–water partition coefficient (Wildman–Crippen LogP) is 3.26. The Kier molecular flexibility index (Phi) is 5.06. The van der Waals surface area contributed by atoms with Crippen molar-refractivity contribution < 1.29 is 14.6 Å². The van der Waals surface area contributed by atoms with Crippen molar-refractivity contribution >= 4 is 0 Å². The number of phenols is 1. The molecule has 0 saturated carbocycles. The van der Waals surface area contributed by atoms with Crippen LogP contribution in [0, 0.1) is 0 Å². The second kappa shape index (κ2) is 6.99. The summed E-state index contributed by atoms with van der Waals surface area (Å²) < 4.78 is 10.4. The number of methoxy groups -OCH3 is 2. The lowest BCUT2D eigenvalue weighted by Crippen LogP contribution is -2.18. The fourth-order valence-corrected chi connectivity index (χ4v) is 2.12. The minimum atomic E-state index is 0.144. The number of nitrogens with one attached hydrogen (secondary N) is 1. The summed E-state index contributed by atoms with van der Waals surface area (Å²) in [7, 11) is 3.27. The molecule has 0 saturated heterocycles. The van der Waals surface area contributed by atoms with Gasteiger partial charge in [0.15, 0.2) is 0 Å². The van der Waals surface area contributed by atoms with Gasteiger partial charge in [-0.2, -0.15) is 0 Å². The Labute approximate surface area is 125 Å². The molecular weight excluding hydrogens is 266 g/mol. The first-order chi connectivity index (χ1) is 10.1. The van der Waals surface area contributed by atoms with E-state index in [9.17, 15) is 5.11 Å². The van der Waals surface area contributed by atoms with E-state index in [0.29, 0.717) is 6.54 Å². The molecule has 2 rings (SSSR count). The highest BCUT2D eigenvalue weighted by atomic mass is 16.5. The molecule has 1 unspecified atom stereocenters. The first-order valence-corrected chi connectivity index (χ1v) is 6.87. The van der Waals surface area contributed by atoms with Crippen LogP contribution in [0.25, 0.3) is 0 Å². The SMILES string of the molecule is COc1cccc(C(C)NCc2cc(OC)ccc2O)c1. The van der Waals surface area contributed by atoms with E-state index >= 15 is 0 Å². The zero-order chi connectivity index (χ0) is 15.2. The lowest BCUT2D eigenvalue weighted by Gasteiger charge is -2.16. The minimum absolute atomic E-state index is 0.144. The Morgan fingerprint density at radius 2 is 1.76 bits per heavy atom. The summed E-state index contributed by atoms with van der Waals surface area (Å²) in [6.45, 7) is 2.63. The molecule has 4 heteroatoms. The molecule has 2 aromatic rings. The highest BCUT2D eigenvalue weighted by Gasteiger charge is 2.08. The molecule has 0 amide bonds. The van der Waals surface area contributed by atoms with E-state index < -0.39 is 0 Å². The summed E-state index contributed by atoms with van der Waals surface area (Å²) in [5.41, 5.74) is 1.95. The predicted molar refractivity (Wildman–Crippen MR) is 82.9 cm³/mol. The van der Waals surface area contributed by atoms with E-state index in [4.69, 9.17) is 9.47 Å². The van der Waals surface area contributed by atoms with E-state index in [0.717, 1.165) is 22.6 Å². The van der Waals surface area contributed by atoms with Crippen molar-refractivity contribution in [3.05, 3.63) is 53.6 Å². The van der Waals surface area contributed by atoms with Crippen LogP contribution in [0.2, 0.25) is 0 Å². The summed E-state index contributed by atoms with van der Waals surface area (Å²) >= 11 is 0. The van der Waals surface area contributed by atoms with Gasteiger partial charge in [-0.05, 0) is 42.8 Å². The number of rotatable bonds is 6. The smallest absolute Gasteiger partial charge is 0.120 e. The molecule has 21 heavy (non-hydrogen) atoms. The molecule has 2 aromatic carbocycles. The number of hydrogen-bond acceptors (Lipinski definition) is 4. The van der Waals surface area contributed by atoms with Gasteiger partial charge in [0.05, 0.1) is 14.2 Å². The van der Waals surface area contributed by atoms with Gasteiger partial charge >= 0.3 is 0 Å². The van der Waals surface area contributed by atoms with Crippen LogP contribution in [0.4, 0.5) is 0 Å².